The summed E-state index contributed by atoms with van der Waals surface area (Å²) in [4.78, 5) is 28.1. The predicted octanol–water partition coefficient (Wildman–Crippen LogP) is 1.69. The molecule has 1 aliphatic rings. The Hall–Kier alpha value is -1.36. The first-order chi connectivity index (χ1) is 8.76. The van der Waals surface area contributed by atoms with Gasteiger partial charge in [-0.2, -0.15) is 0 Å². The summed E-state index contributed by atoms with van der Waals surface area (Å²) in [6.07, 6.45) is 1.99. The van der Waals surface area contributed by atoms with Gasteiger partial charge in [-0.05, 0) is 33.6 Å². The summed E-state index contributed by atoms with van der Waals surface area (Å²) in [7, 11) is 0. The molecule has 0 saturated heterocycles. The third-order valence-electron chi connectivity index (χ3n) is 2.77. The molecule has 1 N–H and O–H groups in total. The molecule has 1 aromatic heterocycles. The lowest BCUT2D eigenvalue weighted by atomic mass is 10.1. The zero-order valence-corrected chi connectivity index (χ0v) is 12.1. The quantitative estimate of drug-likeness (QED) is 0.859. The number of aromatic nitrogens is 2. The van der Waals surface area contributed by atoms with Crippen LogP contribution in [0.1, 0.15) is 45.4 Å². The molecule has 0 unspecified atom stereocenters. The van der Waals surface area contributed by atoms with Crippen LogP contribution in [-0.4, -0.2) is 21.0 Å². The van der Waals surface area contributed by atoms with E-state index in [9.17, 15) is 9.59 Å². The molecule has 1 saturated carbocycles. The van der Waals surface area contributed by atoms with Crippen LogP contribution in [0.2, 0.25) is 5.15 Å². The fourth-order valence-electron chi connectivity index (χ4n) is 1.91. The molecule has 104 valence electrons. The largest absolute Gasteiger partial charge is 0.350 e. The first-order valence-electron chi connectivity index (χ1n) is 6.34. The van der Waals surface area contributed by atoms with Crippen LogP contribution in [0.15, 0.2) is 10.9 Å². The molecular weight excluding hydrogens is 266 g/mol. The van der Waals surface area contributed by atoms with Crippen molar-refractivity contribution in [3.05, 3.63) is 27.4 Å². The number of nitrogens with zero attached hydrogens (tertiary/aromatic N) is 2. The van der Waals surface area contributed by atoms with Crippen LogP contribution >= 0.6 is 11.6 Å². The average Bonchev–Trinajstić information content (AvgIpc) is 3.02. The Labute approximate surface area is 117 Å². The average molecular weight is 284 g/mol. The Morgan fingerprint density at radius 2 is 2.16 bits per heavy atom. The van der Waals surface area contributed by atoms with E-state index in [-0.39, 0.29) is 34.6 Å². The first-order valence-corrected chi connectivity index (χ1v) is 6.72. The van der Waals surface area contributed by atoms with E-state index < -0.39 is 0 Å². The second kappa shape index (κ2) is 4.96. The molecule has 1 amide bonds. The van der Waals surface area contributed by atoms with Crippen molar-refractivity contribution in [2.24, 2.45) is 0 Å². The number of halogens is 1. The van der Waals surface area contributed by atoms with Gasteiger partial charge >= 0.3 is 0 Å². The molecule has 2 rings (SSSR count). The Morgan fingerprint density at radius 1 is 1.53 bits per heavy atom. The van der Waals surface area contributed by atoms with E-state index in [2.05, 4.69) is 10.3 Å². The maximum Gasteiger partial charge on any atom is 0.255 e. The minimum atomic E-state index is -0.319. The minimum absolute atomic E-state index is 0.00783. The molecule has 0 spiro atoms. The number of amides is 1. The van der Waals surface area contributed by atoms with Gasteiger partial charge < -0.3 is 5.32 Å². The van der Waals surface area contributed by atoms with Crippen molar-refractivity contribution in [3.63, 3.8) is 0 Å². The van der Waals surface area contributed by atoms with E-state index in [1.54, 1.807) is 0 Å². The van der Waals surface area contributed by atoms with Gasteiger partial charge in [0.05, 0.1) is 0 Å². The summed E-state index contributed by atoms with van der Waals surface area (Å²) in [5.41, 5.74) is -0.591. The Bertz CT molecular complexity index is 556. The van der Waals surface area contributed by atoms with Gasteiger partial charge in [0.25, 0.3) is 5.56 Å². The predicted molar refractivity (Wildman–Crippen MR) is 73.4 cm³/mol. The summed E-state index contributed by atoms with van der Waals surface area (Å²) < 4.78 is 1.42. The third-order valence-corrected chi connectivity index (χ3v) is 2.96. The van der Waals surface area contributed by atoms with Gasteiger partial charge in [-0.3, -0.25) is 14.2 Å². The first kappa shape index (κ1) is 14.1. The Morgan fingerprint density at radius 3 is 2.68 bits per heavy atom. The normalized spacial score (nSPS) is 15.4. The van der Waals surface area contributed by atoms with Crippen LogP contribution < -0.4 is 10.9 Å². The SMILES string of the molecule is CC(C)(C)NC(=O)Cn1c(C2CC2)nc(Cl)cc1=O. The van der Waals surface area contributed by atoms with E-state index in [1.807, 2.05) is 20.8 Å². The van der Waals surface area contributed by atoms with Crippen molar-refractivity contribution in [2.45, 2.75) is 51.6 Å². The van der Waals surface area contributed by atoms with Gasteiger partial charge in [0.15, 0.2) is 0 Å². The van der Waals surface area contributed by atoms with Crippen LogP contribution in [0.4, 0.5) is 0 Å². The number of nitrogens with one attached hydrogen (secondary N) is 1. The summed E-state index contributed by atoms with van der Waals surface area (Å²) in [6, 6.07) is 1.25. The summed E-state index contributed by atoms with van der Waals surface area (Å²) in [6.45, 7) is 5.69. The van der Waals surface area contributed by atoms with E-state index in [0.717, 1.165) is 12.8 Å². The van der Waals surface area contributed by atoms with Crippen molar-refractivity contribution in [1.29, 1.82) is 0 Å². The van der Waals surface area contributed by atoms with E-state index >= 15 is 0 Å². The van der Waals surface area contributed by atoms with Gasteiger partial charge in [-0.25, -0.2) is 4.98 Å². The lowest BCUT2D eigenvalue weighted by molar-refractivity contribution is -0.123. The van der Waals surface area contributed by atoms with Crippen molar-refractivity contribution in [1.82, 2.24) is 14.9 Å². The molecule has 0 radical (unpaired) electrons. The van der Waals surface area contributed by atoms with E-state index in [1.165, 1.54) is 10.6 Å². The number of rotatable bonds is 3. The van der Waals surface area contributed by atoms with Crippen LogP contribution in [0, 0.1) is 0 Å². The molecule has 1 aliphatic carbocycles. The molecule has 0 bridgehead atoms. The van der Waals surface area contributed by atoms with E-state index in [4.69, 9.17) is 11.6 Å². The van der Waals surface area contributed by atoms with Crippen LogP contribution in [0.5, 0.6) is 0 Å². The fourth-order valence-corrected chi connectivity index (χ4v) is 2.09. The topological polar surface area (TPSA) is 64.0 Å². The lowest BCUT2D eigenvalue weighted by Gasteiger charge is -2.21. The molecule has 19 heavy (non-hydrogen) atoms. The molecule has 1 heterocycles. The van der Waals surface area contributed by atoms with Gasteiger partial charge in [0.1, 0.15) is 17.5 Å². The number of hydrogen-bond donors (Lipinski definition) is 1. The second-order valence-electron chi connectivity index (χ2n) is 5.93. The van der Waals surface area contributed by atoms with Crippen LogP contribution in [-0.2, 0) is 11.3 Å². The van der Waals surface area contributed by atoms with Crippen LogP contribution in [0.25, 0.3) is 0 Å². The minimum Gasteiger partial charge on any atom is -0.350 e. The molecule has 6 heteroatoms. The van der Waals surface area contributed by atoms with Crippen molar-refractivity contribution in [3.8, 4) is 0 Å². The maximum absolute atomic E-state index is 12.0. The maximum atomic E-state index is 12.0. The van der Waals surface area contributed by atoms with Gasteiger partial charge in [0, 0.05) is 17.5 Å². The Balaban J connectivity index is 2.24. The Kier molecular flexibility index (Phi) is 3.67. The summed E-state index contributed by atoms with van der Waals surface area (Å²) in [5.74, 6) is 0.691. The molecule has 0 aromatic carbocycles. The summed E-state index contributed by atoms with van der Waals surface area (Å²) >= 11 is 5.81. The molecule has 0 aliphatic heterocycles. The monoisotopic (exact) mass is 283 g/mol. The fraction of sp³-hybridized carbons (Fsp3) is 0.615. The third kappa shape index (κ3) is 3.80. The number of hydrogen-bond acceptors (Lipinski definition) is 3. The number of carbonyl (C=O) groups excluding carboxylic acids is 1. The van der Waals surface area contributed by atoms with E-state index in [0.29, 0.717) is 5.82 Å². The molecular formula is C13H18ClN3O2. The van der Waals surface area contributed by atoms with Gasteiger partial charge in [-0.15, -0.1) is 0 Å². The molecule has 5 nitrogen and oxygen atoms in total. The van der Waals surface area contributed by atoms with Crippen molar-refractivity contribution in [2.75, 3.05) is 0 Å². The zero-order chi connectivity index (χ0) is 14.2. The zero-order valence-electron chi connectivity index (χ0n) is 11.4. The summed E-state index contributed by atoms with van der Waals surface area (Å²) in [5, 5.41) is 3.03. The molecule has 0 atom stereocenters. The molecule has 1 fully saturated rings. The van der Waals surface area contributed by atoms with Gasteiger partial charge in [-0.1, -0.05) is 11.6 Å². The highest BCUT2D eigenvalue weighted by Gasteiger charge is 2.29. The standard InChI is InChI=1S/C13H18ClN3O2/c1-13(2,3)16-10(18)7-17-11(19)6-9(14)15-12(17)8-4-5-8/h6,8H,4-5,7H2,1-3H3,(H,16,18). The number of carbonyl (C=O) groups is 1. The van der Waals surface area contributed by atoms with Gasteiger partial charge in [0.2, 0.25) is 5.91 Å². The van der Waals surface area contributed by atoms with Crippen LogP contribution in [0.3, 0.4) is 0 Å². The lowest BCUT2D eigenvalue weighted by Crippen LogP contribution is -2.44. The smallest absolute Gasteiger partial charge is 0.255 e. The van der Waals surface area contributed by atoms with Crippen molar-refractivity contribution >= 4 is 17.5 Å². The van der Waals surface area contributed by atoms with Crippen molar-refractivity contribution < 1.29 is 4.79 Å². The molecule has 1 aromatic rings. The second-order valence-corrected chi connectivity index (χ2v) is 6.32. The highest BCUT2D eigenvalue weighted by molar-refractivity contribution is 6.29. The highest BCUT2D eigenvalue weighted by Crippen LogP contribution is 2.38. The highest BCUT2D eigenvalue weighted by atomic mass is 35.5.